The van der Waals surface area contributed by atoms with Gasteiger partial charge in [0.1, 0.15) is 0 Å². The van der Waals surface area contributed by atoms with Gasteiger partial charge >= 0.3 is 27.3 Å². The average Bonchev–Trinajstić information content (AvgIpc) is 1.69. The molecule has 0 N–H and O–H groups in total. The van der Waals surface area contributed by atoms with Crippen molar-refractivity contribution in [2.75, 3.05) is 5.33 Å². The summed E-state index contributed by atoms with van der Waals surface area (Å²) in [6.45, 7) is 2.23. The molecule has 0 bridgehead atoms. The zero-order valence-electron chi connectivity index (χ0n) is 5.62. The second kappa shape index (κ2) is 11.2. The Labute approximate surface area is 80.7 Å². The third-order valence-electron chi connectivity index (χ3n) is 0.987. The van der Waals surface area contributed by atoms with E-state index in [-0.39, 0.29) is 27.3 Å². The second-order valence-corrected chi connectivity index (χ2v) is 2.54. The Morgan fingerprint density at radius 2 is 1.75 bits per heavy atom. The number of alkyl halides is 1. The molecule has 0 aliphatic rings. The molecule has 8 heavy (non-hydrogen) atoms. The van der Waals surface area contributed by atoms with Crippen LogP contribution in [-0.4, -0.2) is 32.6 Å². The normalized spacial score (nSPS) is 8.25. The van der Waals surface area contributed by atoms with Gasteiger partial charge < -0.3 is 0 Å². The summed E-state index contributed by atoms with van der Waals surface area (Å²) in [5.41, 5.74) is 0. The zero-order valence-corrected chi connectivity index (χ0v) is 12.7. The molecule has 0 aliphatic heterocycles. The van der Waals surface area contributed by atoms with E-state index in [1.165, 1.54) is 31.0 Å². The van der Waals surface area contributed by atoms with Crippen LogP contribution in [0, 0.1) is 0 Å². The number of unbranched alkanes of at least 4 members (excludes halogenated alkanes) is 3. The van der Waals surface area contributed by atoms with Crippen molar-refractivity contribution in [3.05, 3.63) is 0 Å². The molecule has 0 aromatic rings. The second-order valence-electron chi connectivity index (χ2n) is 1.75. The van der Waals surface area contributed by atoms with Crippen molar-refractivity contribution in [3.63, 3.8) is 0 Å². The third-order valence-corrected chi connectivity index (χ3v) is 1.55. The van der Waals surface area contributed by atoms with Crippen LogP contribution in [0.3, 0.4) is 0 Å². The van der Waals surface area contributed by atoms with Gasteiger partial charge in [0.25, 0.3) is 0 Å². The molecule has 2 radical (unpaired) electrons. The molecule has 0 unspecified atom stereocenters. The molecule has 0 amide bonds. The molecular formula is C6H15BrPb. The molecule has 0 saturated carbocycles. The third kappa shape index (κ3) is 10.4. The first-order valence-electron chi connectivity index (χ1n) is 2.97. The Morgan fingerprint density at radius 3 is 2.12 bits per heavy atom. The summed E-state index contributed by atoms with van der Waals surface area (Å²) in [5.74, 6) is 0. The van der Waals surface area contributed by atoms with Gasteiger partial charge in [0.05, 0.1) is 0 Å². The standard InChI is InChI=1S/C6H13Br.Pb.2H/c1-2-3-4-5-6-7;;;/h2-6H2,1H3;;;. The minimum atomic E-state index is 0. The van der Waals surface area contributed by atoms with Crippen LogP contribution in [0.2, 0.25) is 0 Å². The van der Waals surface area contributed by atoms with Gasteiger partial charge in [0.2, 0.25) is 0 Å². The number of halogens is 1. The van der Waals surface area contributed by atoms with Crippen molar-refractivity contribution >= 4 is 43.2 Å². The van der Waals surface area contributed by atoms with Crippen LogP contribution >= 0.6 is 15.9 Å². The Morgan fingerprint density at radius 1 is 1.12 bits per heavy atom. The summed E-state index contributed by atoms with van der Waals surface area (Å²) < 4.78 is 0. The van der Waals surface area contributed by atoms with Gasteiger partial charge in [-0.15, -0.1) is 0 Å². The molecule has 0 spiro atoms. The van der Waals surface area contributed by atoms with Gasteiger partial charge in [-0.3, -0.25) is 0 Å². The van der Waals surface area contributed by atoms with Gasteiger partial charge in [-0.1, -0.05) is 42.1 Å². The average molecular weight is 374 g/mol. The van der Waals surface area contributed by atoms with Crippen LogP contribution in [0.25, 0.3) is 0 Å². The number of hydrogen-bond acceptors (Lipinski definition) is 0. The summed E-state index contributed by atoms with van der Waals surface area (Å²) in [6, 6.07) is 0. The van der Waals surface area contributed by atoms with E-state index < -0.39 is 0 Å². The minimum absolute atomic E-state index is 0. The van der Waals surface area contributed by atoms with Crippen molar-refractivity contribution in [3.8, 4) is 0 Å². The van der Waals surface area contributed by atoms with Gasteiger partial charge in [0.15, 0.2) is 0 Å². The predicted octanol–water partition coefficient (Wildman–Crippen LogP) is 2.05. The summed E-state index contributed by atoms with van der Waals surface area (Å²) in [7, 11) is 0. The molecule has 0 saturated heterocycles. The molecule has 0 aromatic heterocycles. The van der Waals surface area contributed by atoms with E-state index in [9.17, 15) is 0 Å². The predicted molar refractivity (Wildman–Crippen MR) is 46.5 cm³/mol. The van der Waals surface area contributed by atoms with Crippen molar-refractivity contribution in [1.82, 2.24) is 0 Å². The van der Waals surface area contributed by atoms with E-state index >= 15 is 0 Å². The first kappa shape index (κ1) is 12.1. The fourth-order valence-electron chi connectivity index (χ4n) is 0.521. The molecule has 0 atom stereocenters. The van der Waals surface area contributed by atoms with Crippen molar-refractivity contribution in [2.24, 2.45) is 0 Å². The van der Waals surface area contributed by atoms with E-state index in [1.54, 1.807) is 0 Å². The Bertz CT molecular complexity index is 27.7. The van der Waals surface area contributed by atoms with E-state index in [1.807, 2.05) is 0 Å². The van der Waals surface area contributed by atoms with Crippen LogP contribution in [0.1, 0.15) is 32.6 Å². The quantitative estimate of drug-likeness (QED) is 0.402. The first-order chi connectivity index (χ1) is 3.41. The summed E-state index contributed by atoms with van der Waals surface area (Å²) >= 11 is 3.38. The Kier molecular flexibility index (Phi) is 17.0. The number of rotatable bonds is 4. The van der Waals surface area contributed by atoms with Gasteiger partial charge in [0, 0.05) is 5.33 Å². The monoisotopic (exact) mass is 374 g/mol. The van der Waals surface area contributed by atoms with Crippen molar-refractivity contribution in [1.29, 1.82) is 0 Å². The SMILES string of the molecule is CCCCCCBr.[PbH2]. The summed E-state index contributed by atoms with van der Waals surface area (Å²) in [6.07, 6.45) is 5.47. The van der Waals surface area contributed by atoms with Crippen LogP contribution in [0.5, 0.6) is 0 Å². The van der Waals surface area contributed by atoms with Crippen LogP contribution < -0.4 is 0 Å². The topological polar surface area (TPSA) is 0 Å². The van der Waals surface area contributed by atoms with E-state index in [2.05, 4.69) is 22.9 Å². The maximum absolute atomic E-state index is 3.38. The van der Waals surface area contributed by atoms with Crippen LogP contribution in [0.15, 0.2) is 0 Å². The summed E-state index contributed by atoms with van der Waals surface area (Å²) in [5, 5.41) is 1.17. The van der Waals surface area contributed by atoms with Gasteiger partial charge in [-0.2, -0.15) is 0 Å². The Hall–Kier alpha value is 1.40. The molecule has 0 heterocycles. The fourth-order valence-corrected chi connectivity index (χ4v) is 0.918. The molecule has 0 aromatic carbocycles. The van der Waals surface area contributed by atoms with E-state index in [4.69, 9.17) is 0 Å². The number of hydrogen-bond donors (Lipinski definition) is 0. The molecule has 2 heteroatoms. The van der Waals surface area contributed by atoms with Crippen LogP contribution in [0.4, 0.5) is 0 Å². The van der Waals surface area contributed by atoms with E-state index in [0.29, 0.717) is 0 Å². The van der Waals surface area contributed by atoms with E-state index in [0.717, 1.165) is 0 Å². The first-order valence-corrected chi connectivity index (χ1v) is 4.10. The van der Waals surface area contributed by atoms with Crippen LogP contribution in [-0.2, 0) is 0 Å². The molecule has 0 fully saturated rings. The molecular weight excluding hydrogens is 359 g/mol. The Balaban J connectivity index is 0. The fraction of sp³-hybridized carbons (Fsp3) is 1.00. The molecule has 0 rings (SSSR count). The van der Waals surface area contributed by atoms with Crippen molar-refractivity contribution in [2.45, 2.75) is 32.6 Å². The zero-order chi connectivity index (χ0) is 5.54. The molecule has 0 nitrogen and oxygen atoms in total. The van der Waals surface area contributed by atoms with Crippen molar-refractivity contribution < 1.29 is 0 Å². The maximum atomic E-state index is 3.38. The molecule has 0 aliphatic carbocycles. The molecule has 50 valence electrons. The van der Waals surface area contributed by atoms with Gasteiger partial charge in [-0.25, -0.2) is 0 Å². The summed E-state index contributed by atoms with van der Waals surface area (Å²) in [4.78, 5) is 0. The van der Waals surface area contributed by atoms with Gasteiger partial charge in [-0.05, 0) is 6.42 Å².